The fourth-order valence-corrected chi connectivity index (χ4v) is 5.17. The van der Waals surface area contributed by atoms with E-state index in [0.717, 1.165) is 27.4 Å². The molecule has 3 aromatic rings. The lowest BCUT2D eigenvalue weighted by Gasteiger charge is -2.43. The van der Waals surface area contributed by atoms with E-state index in [4.69, 9.17) is 18.9 Å². The SMILES string of the molecule is CN(C)c1ccc2oc(N3[C@@H]4COC[C@H]3c3sc(NC(=O)OC(C)(C)C)nc3C4)nc2c1. The molecule has 10 heteroatoms. The molecule has 1 aromatic carbocycles. The Morgan fingerprint density at radius 1 is 1.28 bits per heavy atom. The number of anilines is 3. The predicted molar refractivity (Wildman–Crippen MR) is 124 cm³/mol. The summed E-state index contributed by atoms with van der Waals surface area (Å²) in [7, 11) is 4.01. The third-order valence-corrected chi connectivity index (χ3v) is 6.59. The van der Waals surface area contributed by atoms with Gasteiger partial charge in [-0.3, -0.25) is 5.32 Å². The van der Waals surface area contributed by atoms with Gasteiger partial charge in [0, 0.05) is 26.2 Å². The van der Waals surface area contributed by atoms with E-state index in [2.05, 4.69) is 15.2 Å². The van der Waals surface area contributed by atoms with Crippen molar-refractivity contribution in [3.8, 4) is 0 Å². The van der Waals surface area contributed by atoms with E-state index >= 15 is 0 Å². The Morgan fingerprint density at radius 3 is 2.84 bits per heavy atom. The van der Waals surface area contributed by atoms with E-state index in [1.54, 1.807) is 0 Å². The summed E-state index contributed by atoms with van der Waals surface area (Å²) in [5, 5.41) is 3.30. The van der Waals surface area contributed by atoms with Crippen molar-refractivity contribution in [2.45, 2.75) is 44.9 Å². The molecule has 1 saturated heterocycles. The van der Waals surface area contributed by atoms with Gasteiger partial charge in [0.25, 0.3) is 6.01 Å². The van der Waals surface area contributed by atoms with Gasteiger partial charge in [-0.1, -0.05) is 11.3 Å². The number of hydrogen-bond donors (Lipinski definition) is 1. The Hall–Kier alpha value is -2.85. The lowest BCUT2D eigenvalue weighted by molar-refractivity contribution is 0.0579. The number of thiazole rings is 1. The Kier molecular flexibility index (Phi) is 5.01. The van der Waals surface area contributed by atoms with Crippen LogP contribution in [0.4, 0.5) is 21.6 Å². The number of nitrogens with zero attached hydrogens (tertiary/aromatic N) is 4. The number of amides is 1. The number of aromatic nitrogens is 2. The van der Waals surface area contributed by atoms with Crippen LogP contribution in [0.25, 0.3) is 11.1 Å². The Balaban J connectivity index is 1.44. The van der Waals surface area contributed by atoms with Crippen molar-refractivity contribution < 1.29 is 18.7 Å². The maximum atomic E-state index is 12.2. The van der Waals surface area contributed by atoms with E-state index < -0.39 is 11.7 Å². The van der Waals surface area contributed by atoms with Crippen molar-refractivity contribution in [2.24, 2.45) is 0 Å². The highest BCUT2D eigenvalue weighted by atomic mass is 32.1. The molecule has 1 N–H and O–H groups in total. The highest BCUT2D eigenvalue weighted by molar-refractivity contribution is 7.16. The van der Waals surface area contributed by atoms with E-state index in [9.17, 15) is 4.79 Å². The van der Waals surface area contributed by atoms with Gasteiger partial charge in [-0.2, -0.15) is 4.98 Å². The average Bonchev–Trinajstić information content (AvgIpc) is 3.28. The van der Waals surface area contributed by atoms with Crippen LogP contribution in [0, 0.1) is 0 Å². The number of hydrogen-bond acceptors (Lipinski definition) is 9. The first-order chi connectivity index (χ1) is 15.2. The number of rotatable bonds is 3. The number of nitrogens with one attached hydrogen (secondary N) is 1. The summed E-state index contributed by atoms with van der Waals surface area (Å²) < 4.78 is 17.4. The largest absolute Gasteiger partial charge is 0.444 e. The zero-order valence-corrected chi connectivity index (χ0v) is 19.7. The highest BCUT2D eigenvalue weighted by Gasteiger charge is 2.43. The molecule has 0 unspecified atom stereocenters. The Labute approximate surface area is 190 Å². The van der Waals surface area contributed by atoms with E-state index in [1.807, 2.05) is 58.0 Å². The van der Waals surface area contributed by atoms with E-state index in [1.165, 1.54) is 11.3 Å². The molecule has 0 aliphatic carbocycles. The number of morpholine rings is 1. The van der Waals surface area contributed by atoms with Crippen molar-refractivity contribution in [1.82, 2.24) is 9.97 Å². The van der Waals surface area contributed by atoms with Gasteiger partial charge in [-0.15, -0.1) is 0 Å². The van der Waals surface area contributed by atoms with Gasteiger partial charge in [-0.25, -0.2) is 9.78 Å². The molecule has 9 nitrogen and oxygen atoms in total. The standard InChI is InChI=1S/C22H27N5O4S/c1-22(2,3)31-21(28)25-19-23-15-9-13-10-29-11-16(18(15)32-19)27(13)20-24-14-8-12(26(4)5)6-7-17(14)30-20/h6-8,13,16H,9-11H2,1-5H3,(H,23,25,28)/t13-,16-/m0/s1. The number of carbonyl (C=O) groups excluding carboxylic acids is 1. The van der Waals surface area contributed by atoms with Crippen LogP contribution in [0.5, 0.6) is 0 Å². The van der Waals surface area contributed by atoms with Crippen LogP contribution in [-0.2, 0) is 15.9 Å². The summed E-state index contributed by atoms with van der Waals surface area (Å²) >= 11 is 1.45. The molecule has 0 spiro atoms. The first-order valence-corrected chi connectivity index (χ1v) is 11.4. The number of benzene rings is 1. The zero-order valence-electron chi connectivity index (χ0n) is 18.8. The predicted octanol–water partition coefficient (Wildman–Crippen LogP) is 4.20. The van der Waals surface area contributed by atoms with Gasteiger partial charge in [0.1, 0.15) is 11.1 Å². The van der Waals surface area contributed by atoms with Gasteiger partial charge in [0.2, 0.25) is 0 Å². The molecule has 32 heavy (non-hydrogen) atoms. The third-order valence-electron chi connectivity index (χ3n) is 5.48. The van der Waals surface area contributed by atoms with Gasteiger partial charge in [0.05, 0.1) is 35.9 Å². The first-order valence-electron chi connectivity index (χ1n) is 10.6. The summed E-state index contributed by atoms with van der Waals surface area (Å²) in [6.45, 7) is 6.59. The summed E-state index contributed by atoms with van der Waals surface area (Å²) in [5.41, 5.74) is 3.07. The van der Waals surface area contributed by atoms with Crippen LogP contribution in [0.2, 0.25) is 0 Å². The Bertz CT molecular complexity index is 1160. The number of carbonyl (C=O) groups is 1. The summed E-state index contributed by atoms with van der Waals surface area (Å²) in [6, 6.07) is 6.60. The first kappa shape index (κ1) is 21.0. The molecule has 2 bridgehead atoms. The van der Waals surface area contributed by atoms with Gasteiger partial charge < -0.3 is 23.7 Å². The van der Waals surface area contributed by atoms with Crippen LogP contribution in [0.15, 0.2) is 22.6 Å². The second kappa shape index (κ2) is 7.63. The molecular formula is C22H27N5O4S. The molecule has 0 radical (unpaired) electrons. The molecule has 5 rings (SSSR count). The van der Waals surface area contributed by atoms with Crippen molar-refractivity contribution in [2.75, 3.05) is 42.4 Å². The molecule has 2 aliphatic heterocycles. The number of fused-ring (bicyclic) bond motifs is 5. The van der Waals surface area contributed by atoms with Crippen LogP contribution in [0.3, 0.4) is 0 Å². The lowest BCUT2D eigenvalue weighted by atomic mass is 9.97. The molecule has 4 heterocycles. The molecule has 1 fully saturated rings. The fraction of sp³-hybridized carbons (Fsp3) is 0.500. The normalized spacial score (nSPS) is 20.2. The Morgan fingerprint density at radius 2 is 2.09 bits per heavy atom. The second-order valence-electron chi connectivity index (χ2n) is 9.32. The van der Waals surface area contributed by atoms with E-state index in [-0.39, 0.29) is 12.1 Å². The second-order valence-corrected chi connectivity index (χ2v) is 10.3. The third kappa shape index (κ3) is 3.88. The zero-order chi connectivity index (χ0) is 22.6. The lowest BCUT2D eigenvalue weighted by Crippen LogP contribution is -2.51. The number of oxazole rings is 1. The summed E-state index contributed by atoms with van der Waals surface area (Å²) in [6.07, 6.45) is 0.190. The van der Waals surface area contributed by atoms with Gasteiger partial charge in [0.15, 0.2) is 10.7 Å². The maximum Gasteiger partial charge on any atom is 0.413 e. The van der Waals surface area contributed by atoms with Crippen molar-refractivity contribution >= 4 is 45.4 Å². The average molecular weight is 458 g/mol. The van der Waals surface area contributed by atoms with Gasteiger partial charge >= 0.3 is 6.09 Å². The molecule has 2 aromatic heterocycles. The maximum absolute atomic E-state index is 12.2. The smallest absolute Gasteiger partial charge is 0.413 e. The minimum Gasteiger partial charge on any atom is -0.444 e. The quantitative estimate of drug-likeness (QED) is 0.626. The fourth-order valence-electron chi connectivity index (χ4n) is 4.11. The van der Waals surface area contributed by atoms with E-state index in [0.29, 0.717) is 30.8 Å². The minimum absolute atomic E-state index is 0.0643. The molecule has 2 aliphatic rings. The minimum atomic E-state index is -0.568. The highest BCUT2D eigenvalue weighted by Crippen LogP contribution is 2.44. The van der Waals surface area contributed by atoms with Gasteiger partial charge in [-0.05, 0) is 39.0 Å². The van der Waals surface area contributed by atoms with Crippen LogP contribution in [0.1, 0.15) is 37.4 Å². The molecule has 1 amide bonds. The molecule has 0 saturated carbocycles. The van der Waals surface area contributed by atoms with Crippen molar-refractivity contribution in [3.05, 3.63) is 28.8 Å². The van der Waals surface area contributed by atoms with Crippen LogP contribution < -0.4 is 15.1 Å². The number of ether oxygens (including phenoxy) is 2. The molecular weight excluding hydrogens is 430 g/mol. The topological polar surface area (TPSA) is 93.0 Å². The monoisotopic (exact) mass is 457 g/mol. The molecule has 2 atom stereocenters. The summed E-state index contributed by atoms with van der Waals surface area (Å²) in [5.74, 6) is 0. The van der Waals surface area contributed by atoms with Crippen molar-refractivity contribution in [3.63, 3.8) is 0 Å². The van der Waals surface area contributed by atoms with Crippen LogP contribution in [-0.4, -0.2) is 55.0 Å². The van der Waals surface area contributed by atoms with Crippen molar-refractivity contribution in [1.29, 1.82) is 0 Å². The summed E-state index contributed by atoms with van der Waals surface area (Å²) in [4.78, 5) is 27.0. The van der Waals surface area contributed by atoms with Crippen LogP contribution >= 0.6 is 11.3 Å². The molecule has 170 valence electrons.